The van der Waals surface area contributed by atoms with E-state index >= 15 is 0 Å². The molecule has 0 saturated carbocycles. The van der Waals surface area contributed by atoms with Crippen LogP contribution >= 0.6 is 22.6 Å². The quantitative estimate of drug-likeness (QED) is 0.808. The first kappa shape index (κ1) is 15.3. The molecule has 0 aliphatic rings. The van der Waals surface area contributed by atoms with E-state index in [0.29, 0.717) is 0 Å². The first-order valence-corrected chi connectivity index (χ1v) is 7.75. The maximum absolute atomic E-state index is 6.41. The van der Waals surface area contributed by atoms with Gasteiger partial charge < -0.3 is 10.5 Å². The molecule has 3 heteroatoms. The lowest BCUT2D eigenvalue weighted by atomic mass is 9.97. The molecule has 0 bridgehead atoms. The highest BCUT2D eigenvalue weighted by Gasteiger charge is 2.14. The van der Waals surface area contributed by atoms with Crippen molar-refractivity contribution in [2.45, 2.75) is 26.3 Å². The Morgan fingerprint density at radius 1 is 1.20 bits per heavy atom. The lowest BCUT2D eigenvalue weighted by Gasteiger charge is -2.17. The van der Waals surface area contributed by atoms with Gasteiger partial charge in [0.25, 0.3) is 0 Å². The third-order valence-electron chi connectivity index (χ3n) is 3.50. The van der Waals surface area contributed by atoms with E-state index in [2.05, 4.69) is 66.8 Å². The Labute approximate surface area is 134 Å². The van der Waals surface area contributed by atoms with Crippen molar-refractivity contribution in [1.29, 1.82) is 0 Å². The van der Waals surface area contributed by atoms with Gasteiger partial charge in [0.1, 0.15) is 5.75 Å². The lowest BCUT2D eigenvalue weighted by Crippen LogP contribution is -2.15. The van der Waals surface area contributed by atoms with Crippen molar-refractivity contribution in [3.63, 3.8) is 0 Å². The van der Waals surface area contributed by atoms with Gasteiger partial charge in [-0.3, -0.25) is 0 Å². The fraction of sp³-hybridized carbons (Fsp3) is 0.294. The van der Waals surface area contributed by atoms with Crippen molar-refractivity contribution in [2.24, 2.45) is 5.73 Å². The van der Waals surface area contributed by atoms with E-state index in [1.165, 1.54) is 20.3 Å². The SMILES string of the molecule is COc1ccc(C)cc1CC(N)c1cccc(C)c1I. The second-order valence-electron chi connectivity index (χ2n) is 5.10. The second kappa shape index (κ2) is 6.59. The zero-order chi connectivity index (χ0) is 14.7. The fourth-order valence-electron chi connectivity index (χ4n) is 2.37. The Kier molecular flexibility index (Phi) is 5.05. The van der Waals surface area contributed by atoms with E-state index in [9.17, 15) is 0 Å². The van der Waals surface area contributed by atoms with Gasteiger partial charge in [0.15, 0.2) is 0 Å². The van der Waals surface area contributed by atoms with E-state index < -0.39 is 0 Å². The normalized spacial score (nSPS) is 12.2. The van der Waals surface area contributed by atoms with E-state index in [1.807, 2.05) is 6.07 Å². The molecule has 0 spiro atoms. The molecular formula is C17H20INO. The second-order valence-corrected chi connectivity index (χ2v) is 6.18. The van der Waals surface area contributed by atoms with Crippen molar-refractivity contribution in [1.82, 2.24) is 0 Å². The molecule has 0 fully saturated rings. The van der Waals surface area contributed by atoms with E-state index in [0.717, 1.165) is 17.7 Å². The Hall–Kier alpha value is -1.07. The molecule has 0 aromatic heterocycles. The summed E-state index contributed by atoms with van der Waals surface area (Å²) in [6, 6.07) is 12.5. The summed E-state index contributed by atoms with van der Waals surface area (Å²) in [6.07, 6.45) is 0.782. The van der Waals surface area contributed by atoms with Crippen LogP contribution in [-0.2, 0) is 6.42 Å². The number of rotatable bonds is 4. The molecule has 20 heavy (non-hydrogen) atoms. The summed E-state index contributed by atoms with van der Waals surface area (Å²) in [4.78, 5) is 0. The number of hydrogen-bond acceptors (Lipinski definition) is 2. The Balaban J connectivity index is 2.30. The Morgan fingerprint density at radius 2 is 1.95 bits per heavy atom. The van der Waals surface area contributed by atoms with Crippen molar-refractivity contribution in [3.05, 3.63) is 62.2 Å². The molecular weight excluding hydrogens is 361 g/mol. The largest absolute Gasteiger partial charge is 0.496 e. The van der Waals surface area contributed by atoms with Gasteiger partial charge in [0.2, 0.25) is 0 Å². The van der Waals surface area contributed by atoms with Gasteiger partial charge in [-0.05, 0) is 65.6 Å². The number of benzene rings is 2. The van der Waals surface area contributed by atoms with Crippen LogP contribution in [0.2, 0.25) is 0 Å². The fourth-order valence-corrected chi connectivity index (χ4v) is 3.13. The van der Waals surface area contributed by atoms with Crippen LogP contribution in [0.4, 0.5) is 0 Å². The van der Waals surface area contributed by atoms with Gasteiger partial charge in [0, 0.05) is 9.61 Å². The third-order valence-corrected chi connectivity index (χ3v) is 4.97. The van der Waals surface area contributed by atoms with E-state index in [-0.39, 0.29) is 6.04 Å². The maximum Gasteiger partial charge on any atom is 0.122 e. The van der Waals surface area contributed by atoms with Crippen LogP contribution in [-0.4, -0.2) is 7.11 Å². The minimum absolute atomic E-state index is 0.0162. The number of ether oxygens (including phenoxy) is 1. The summed E-state index contributed by atoms with van der Waals surface area (Å²) in [7, 11) is 1.70. The van der Waals surface area contributed by atoms with Crippen molar-refractivity contribution < 1.29 is 4.74 Å². The number of hydrogen-bond donors (Lipinski definition) is 1. The summed E-state index contributed by atoms with van der Waals surface area (Å²) in [5, 5.41) is 0. The summed E-state index contributed by atoms with van der Waals surface area (Å²) in [6.45, 7) is 4.20. The molecule has 2 N–H and O–H groups in total. The van der Waals surface area contributed by atoms with Crippen molar-refractivity contribution >= 4 is 22.6 Å². The number of methoxy groups -OCH3 is 1. The highest BCUT2D eigenvalue weighted by atomic mass is 127. The van der Waals surface area contributed by atoms with Gasteiger partial charge in [-0.15, -0.1) is 0 Å². The highest BCUT2D eigenvalue weighted by molar-refractivity contribution is 14.1. The molecule has 2 rings (SSSR count). The first-order chi connectivity index (χ1) is 9.52. The standard InChI is InChI=1S/C17H20INO/c1-11-7-8-16(20-3)13(9-11)10-15(19)14-6-4-5-12(2)17(14)18/h4-9,15H,10,19H2,1-3H3. The molecule has 0 amide bonds. The monoisotopic (exact) mass is 381 g/mol. The molecule has 0 aliphatic carbocycles. The van der Waals surface area contributed by atoms with Gasteiger partial charge in [0.05, 0.1) is 7.11 Å². The summed E-state index contributed by atoms with van der Waals surface area (Å²) in [5.74, 6) is 0.911. The predicted molar refractivity (Wildman–Crippen MR) is 92.3 cm³/mol. The zero-order valence-corrected chi connectivity index (χ0v) is 14.3. The van der Waals surface area contributed by atoms with Crippen LogP contribution < -0.4 is 10.5 Å². The maximum atomic E-state index is 6.41. The van der Waals surface area contributed by atoms with Crippen LogP contribution in [0.25, 0.3) is 0 Å². The summed E-state index contributed by atoms with van der Waals surface area (Å²) < 4.78 is 6.69. The van der Waals surface area contributed by atoms with Crippen LogP contribution in [0.15, 0.2) is 36.4 Å². The molecule has 0 radical (unpaired) electrons. The van der Waals surface area contributed by atoms with Crippen LogP contribution in [0, 0.1) is 17.4 Å². The summed E-state index contributed by atoms with van der Waals surface area (Å²) >= 11 is 2.38. The zero-order valence-electron chi connectivity index (χ0n) is 12.1. The average Bonchev–Trinajstić information content (AvgIpc) is 2.42. The number of nitrogens with two attached hydrogens (primary N) is 1. The molecule has 1 unspecified atom stereocenters. The van der Waals surface area contributed by atoms with Crippen LogP contribution in [0.1, 0.15) is 28.3 Å². The lowest BCUT2D eigenvalue weighted by molar-refractivity contribution is 0.408. The van der Waals surface area contributed by atoms with Crippen molar-refractivity contribution in [2.75, 3.05) is 7.11 Å². The molecule has 2 aromatic rings. The topological polar surface area (TPSA) is 35.2 Å². The highest BCUT2D eigenvalue weighted by Crippen LogP contribution is 2.28. The average molecular weight is 381 g/mol. The van der Waals surface area contributed by atoms with E-state index in [1.54, 1.807) is 7.11 Å². The van der Waals surface area contributed by atoms with E-state index in [4.69, 9.17) is 10.5 Å². The summed E-state index contributed by atoms with van der Waals surface area (Å²) in [5.41, 5.74) is 11.3. The minimum atomic E-state index is -0.0162. The van der Waals surface area contributed by atoms with Crippen molar-refractivity contribution in [3.8, 4) is 5.75 Å². The van der Waals surface area contributed by atoms with Crippen LogP contribution in [0.3, 0.4) is 0 Å². The Morgan fingerprint density at radius 3 is 2.65 bits per heavy atom. The number of aryl methyl sites for hydroxylation is 2. The van der Waals surface area contributed by atoms with Crippen LogP contribution in [0.5, 0.6) is 5.75 Å². The molecule has 0 heterocycles. The third kappa shape index (κ3) is 3.33. The molecule has 0 aliphatic heterocycles. The smallest absolute Gasteiger partial charge is 0.122 e. The molecule has 1 atom stereocenters. The number of halogens is 1. The van der Waals surface area contributed by atoms with Gasteiger partial charge in [-0.25, -0.2) is 0 Å². The van der Waals surface area contributed by atoms with Gasteiger partial charge in [-0.2, -0.15) is 0 Å². The van der Waals surface area contributed by atoms with Gasteiger partial charge in [-0.1, -0.05) is 35.9 Å². The predicted octanol–water partition coefficient (Wildman–Crippen LogP) is 4.16. The molecule has 106 valence electrons. The van der Waals surface area contributed by atoms with Gasteiger partial charge >= 0.3 is 0 Å². The molecule has 0 saturated heterocycles. The minimum Gasteiger partial charge on any atom is -0.496 e. The molecule has 2 aromatic carbocycles. The first-order valence-electron chi connectivity index (χ1n) is 6.67. The Bertz CT molecular complexity index is 610. The molecule has 2 nitrogen and oxygen atoms in total.